The minimum atomic E-state index is -0.294. The average molecular weight is 304 g/mol. The number of anilines is 1. The highest BCUT2D eigenvalue weighted by molar-refractivity contribution is 5.89. The third-order valence-corrected chi connectivity index (χ3v) is 4.74. The molecule has 1 aromatic rings. The summed E-state index contributed by atoms with van der Waals surface area (Å²) in [5.41, 5.74) is 7.10. The number of esters is 1. The molecule has 1 aromatic carbocycles. The smallest absolute Gasteiger partial charge is 0.338 e. The lowest BCUT2D eigenvalue weighted by Gasteiger charge is -2.43. The van der Waals surface area contributed by atoms with Crippen molar-refractivity contribution in [1.82, 2.24) is 5.32 Å². The number of ether oxygens (including phenoxy) is 1. The molecule has 4 nitrogen and oxygen atoms in total. The largest absolute Gasteiger partial charge is 0.461 e. The quantitative estimate of drug-likeness (QED) is 0.498. The number of hydrogen-bond acceptors (Lipinski definition) is 4. The molecule has 0 spiro atoms. The van der Waals surface area contributed by atoms with Crippen LogP contribution < -0.4 is 11.1 Å². The van der Waals surface area contributed by atoms with E-state index in [4.69, 9.17) is 10.5 Å². The molecule has 0 amide bonds. The molecular formula is C18H28N2O2. The first-order valence-corrected chi connectivity index (χ1v) is 8.16. The lowest BCUT2D eigenvalue weighted by molar-refractivity contribution is 0.0482. The van der Waals surface area contributed by atoms with E-state index in [1.54, 1.807) is 24.3 Å². The Balaban J connectivity index is 1.76. The molecule has 1 saturated carbocycles. The van der Waals surface area contributed by atoms with Crippen LogP contribution in [0.15, 0.2) is 24.3 Å². The Morgan fingerprint density at radius 3 is 2.68 bits per heavy atom. The van der Waals surface area contributed by atoms with Crippen LogP contribution in [-0.2, 0) is 4.74 Å². The Labute approximate surface area is 133 Å². The summed E-state index contributed by atoms with van der Waals surface area (Å²) in [7, 11) is 0. The molecule has 1 aliphatic carbocycles. The molecule has 0 aliphatic heterocycles. The number of benzene rings is 1. The Morgan fingerprint density at radius 2 is 2.05 bits per heavy atom. The Kier molecular flexibility index (Phi) is 5.46. The van der Waals surface area contributed by atoms with Gasteiger partial charge in [0, 0.05) is 18.3 Å². The second kappa shape index (κ2) is 7.14. The molecule has 1 fully saturated rings. The molecule has 22 heavy (non-hydrogen) atoms. The van der Waals surface area contributed by atoms with Crippen LogP contribution in [0.4, 0.5) is 5.69 Å². The van der Waals surface area contributed by atoms with Crippen LogP contribution in [0.1, 0.15) is 50.4 Å². The predicted octanol–water partition coefficient (Wildman–Crippen LogP) is 3.23. The van der Waals surface area contributed by atoms with E-state index < -0.39 is 0 Å². The van der Waals surface area contributed by atoms with Gasteiger partial charge in [-0.05, 0) is 48.4 Å². The van der Waals surface area contributed by atoms with Gasteiger partial charge in [-0.2, -0.15) is 0 Å². The number of rotatable bonds is 5. The van der Waals surface area contributed by atoms with Gasteiger partial charge in [-0.1, -0.05) is 27.2 Å². The van der Waals surface area contributed by atoms with Crippen molar-refractivity contribution in [2.45, 2.75) is 46.1 Å². The van der Waals surface area contributed by atoms with Gasteiger partial charge >= 0.3 is 5.97 Å². The highest BCUT2D eigenvalue weighted by Crippen LogP contribution is 2.38. The number of carbonyl (C=O) groups excluding carboxylic acids is 1. The highest BCUT2D eigenvalue weighted by Gasteiger charge is 2.36. The lowest BCUT2D eigenvalue weighted by atomic mass is 9.68. The Bertz CT molecular complexity index is 496. The van der Waals surface area contributed by atoms with E-state index in [2.05, 4.69) is 26.1 Å². The topological polar surface area (TPSA) is 64.3 Å². The number of nitrogens with two attached hydrogens (primary N) is 1. The Hall–Kier alpha value is -1.55. The van der Waals surface area contributed by atoms with Crippen LogP contribution in [0.25, 0.3) is 0 Å². The summed E-state index contributed by atoms with van der Waals surface area (Å²) in [4.78, 5) is 11.9. The van der Waals surface area contributed by atoms with E-state index in [-0.39, 0.29) is 5.97 Å². The van der Waals surface area contributed by atoms with Gasteiger partial charge in [0.15, 0.2) is 0 Å². The zero-order valence-electron chi connectivity index (χ0n) is 13.9. The van der Waals surface area contributed by atoms with E-state index >= 15 is 0 Å². The average Bonchev–Trinajstić information content (AvgIpc) is 2.46. The molecular weight excluding hydrogens is 276 g/mol. The highest BCUT2D eigenvalue weighted by atomic mass is 16.5. The van der Waals surface area contributed by atoms with E-state index in [0.29, 0.717) is 41.8 Å². The first-order chi connectivity index (χ1) is 10.4. The third kappa shape index (κ3) is 4.23. The molecule has 0 heterocycles. The zero-order valence-corrected chi connectivity index (χ0v) is 13.9. The molecule has 0 saturated heterocycles. The molecule has 1 aliphatic rings. The molecule has 0 aromatic heterocycles. The maximum absolute atomic E-state index is 11.9. The van der Waals surface area contributed by atoms with Crippen molar-refractivity contribution in [1.29, 1.82) is 0 Å². The van der Waals surface area contributed by atoms with Crippen molar-refractivity contribution in [2.75, 3.05) is 18.9 Å². The van der Waals surface area contributed by atoms with Crippen molar-refractivity contribution in [2.24, 2.45) is 11.3 Å². The van der Waals surface area contributed by atoms with E-state index in [1.165, 1.54) is 19.3 Å². The van der Waals surface area contributed by atoms with Gasteiger partial charge in [-0.15, -0.1) is 0 Å². The van der Waals surface area contributed by atoms with Gasteiger partial charge < -0.3 is 15.8 Å². The molecule has 0 unspecified atom stereocenters. The Morgan fingerprint density at radius 1 is 1.36 bits per heavy atom. The summed E-state index contributed by atoms with van der Waals surface area (Å²) in [6.45, 7) is 8.03. The van der Waals surface area contributed by atoms with Gasteiger partial charge in [0.1, 0.15) is 6.61 Å². The summed E-state index contributed by atoms with van der Waals surface area (Å²) in [5.74, 6) is 0.370. The molecule has 0 bridgehead atoms. The van der Waals surface area contributed by atoms with Gasteiger partial charge in [-0.3, -0.25) is 0 Å². The normalized spacial score (nSPS) is 24.0. The van der Waals surface area contributed by atoms with Gasteiger partial charge in [-0.25, -0.2) is 4.79 Å². The molecule has 4 heteroatoms. The van der Waals surface area contributed by atoms with Crippen LogP contribution in [0.5, 0.6) is 0 Å². The maximum Gasteiger partial charge on any atom is 0.338 e. The van der Waals surface area contributed by atoms with E-state index in [0.717, 1.165) is 0 Å². The fourth-order valence-electron chi connectivity index (χ4n) is 3.51. The zero-order chi connectivity index (χ0) is 16.2. The summed E-state index contributed by atoms with van der Waals surface area (Å²) in [6.07, 6.45) is 3.82. The van der Waals surface area contributed by atoms with Crippen molar-refractivity contribution in [3.63, 3.8) is 0 Å². The first kappa shape index (κ1) is 16.8. The SMILES string of the molecule is C[C@H]1CCCC(C)(C)[C@H]1NCCOC(=O)c1ccc(N)cc1. The second-order valence-corrected chi connectivity index (χ2v) is 7.05. The van der Waals surface area contributed by atoms with Gasteiger partial charge in [0.05, 0.1) is 5.56 Å². The van der Waals surface area contributed by atoms with Crippen LogP contribution >= 0.6 is 0 Å². The van der Waals surface area contributed by atoms with Crippen molar-refractivity contribution in [3.05, 3.63) is 29.8 Å². The number of nitrogen functional groups attached to an aromatic ring is 1. The van der Waals surface area contributed by atoms with E-state index in [1.807, 2.05) is 0 Å². The lowest BCUT2D eigenvalue weighted by Crippen LogP contribution is -2.49. The number of carbonyl (C=O) groups is 1. The third-order valence-electron chi connectivity index (χ3n) is 4.74. The second-order valence-electron chi connectivity index (χ2n) is 7.05. The molecule has 122 valence electrons. The van der Waals surface area contributed by atoms with Crippen LogP contribution in [-0.4, -0.2) is 25.2 Å². The molecule has 2 rings (SSSR count). The maximum atomic E-state index is 11.9. The van der Waals surface area contributed by atoms with Crippen LogP contribution in [0.2, 0.25) is 0 Å². The fourth-order valence-corrected chi connectivity index (χ4v) is 3.51. The van der Waals surface area contributed by atoms with E-state index in [9.17, 15) is 4.79 Å². The summed E-state index contributed by atoms with van der Waals surface area (Å²) in [5, 5.41) is 3.58. The molecule has 3 N–H and O–H groups in total. The van der Waals surface area contributed by atoms with Crippen molar-refractivity contribution >= 4 is 11.7 Å². The van der Waals surface area contributed by atoms with Crippen molar-refractivity contribution < 1.29 is 9.53 Å². The molecule has 2 atom stereocenters. The monoisotopic (exact) mass is 304 g/mol. The summed E-state index contributed by atoms with van der Waals surface area (Å²) < 4.78 is 5.32. The van der Waals surface area contributed by atoms with Crippen LogP contribution in [0.3, 0.4) is 0 Å². The number of hydrogen-bond donors (Lipinski definition) is 2. The van der Waals surface area contributed by atoms with Gasteiger partial charge in [0.25, 0.3) is 0 Å². The minimum absolute atomic E-state index is 0.294. The summed E-state index contributed by atoms with van der Waals surface area (Å²) in [6, 6.07) is 7.29. The molecule has 0 radical (unpaired) electrons. The fraction of sp³-hybridized carbons (Fsp3) is 0.611. The summed E-state index contributed by atoms with van der Waals surface area (Å²) >= 11 is 0. The number of nitrogens with one attached hydrogen (secondary N) is 1. The van der Waals surface area contributed by atoms with Gasteiger partial charge in [0.2, 0.25) is 0 Å². The standard InChI is InChI=1S/C18H28N2O2/c1-13-5-4-10-18(2,3)16(13)20-11-12-22-17(21)14-6-8-15(19)9-7-14/h6-9,13,16,20H,4-5,10-12,19H2,1-3H3/t13-,16-/m0/s1. The van der Waals surface area contributed by atoms with Crippen molar-refractivity contribution in [3.8, 4) is 0 Å². The van der Waals surface area contributed by atoms with Crippen LogP contribution in [0, 0.1) is 11.3 Å². The minimum Gasteiger partial charge on any atom is -0.461 e. The first-order valence-electron chi connectivity index (χ1n) is 8.16. The predicted molar refractivity (Wildman–Crippen MR) is 89.7 cm³/mol.